The zero-order valence-electron chi connectivity index (χ0n) is 8.33. The van der Waals surface area contributed by atoms with Crippen molar-refractivity contribution in [2.45, 2.75) is 47.0 Å². The fraction of sp³-hybridized carbons (Fsp3) is 0.636. The second-order valence-corrected chi connectivity index (χ2v) is 3.14. The monoisotopic (exact) mass is 152 g/mol. The van der Waals surface area contributed by atoms with Crippen molar-refractivity contribution < 1.29 is 0 Å². The molecule has 64 valence electrons. The Morgan fingerprint density at radius 1 is 1.18 bits per heavy atom. The molecule has 0 radical (unpaired) electrons. The molecule has 0 bridgehead atoms. The summed E-state index contributed by atoms with van der Waals surface area (Å²) in [4.78, 5) is 0. The molecule has 0 aromatic carbocycles. The van der Waals surface area contributed by atoms with Gasteiger partial charge >= 0.3 is 0 Å². The first-order valence-corrected chi connectivity index (χ1v) is 4.47. The molecule has 0 amide bonds. The maximum atomic E-state index is 3.97. The first-order valence-electron chi connectivity index (χ1n) is 4.47. The Morgan fingerprint density at radius 2 is 1.73 bits per heavy atom. The van der Waals surface area contributed by atoms with Crippen LogP contribution in [0.25, 0.3) is 0 Å². The van der Waals surface area contributed by atoms with Crippen LogP contribution in [0.4, 0.5) is 0 Å². The summed E-state index contributed by atoms with van der Waals surface area (Å²) >= 11 is 0. The van der Waals surface area contributed by atoms with Gasteiger partial charge in [0.05, 0.1) is 0 Å². The molecule has 0 N–H and O–H groups in total. The topological polar surface area (TPSA) is 0 Å². The number of hydrogen-bond donors (Lipinski definition) is 0. The van der Waals surface area contributed by atoms with E-state index in [2.05, 4.69) is 34.3 Å². The molecule has 0 aliphatic heterocycles. The molecule has 0 aromatic heterocycles. The smallest absolute Gasteiger partial charge is 0.0306 e. The maximum Gasteiger partial charge on any atom is -0.0306 e. The lowest BCUT2D eigenvalue weighted by Gasteiger charge is -2.08. The standard InChI is InChI=1S/C11H20/c1-6-8-10(5)11(7-2)9(3)4/h3,6-8H2,1-2,4-5H3/b11-10+. The van der Waals surface area contributed by atoms with E-state index in [0.29, 0.717) is 0 Å². The van der Waals surface area contributed by atoms with E-state index in [9.17, 15) is 0 Å². The van der Waals surface area contributed by atoms with Crippen molar-refractivity contribution in [3.05, 3.63) is 23.3 Å². The highest BCUT2D eigenvalue weighted by atomic mass is 14.0. The molecule has 0 aliphatic carbocycles. The molecule has 0 atom stereocenters. The van der Waals surface area contributed by atoms with Crippen LogP contribution in [0, 0.1) is 0 Å². The van der Waals surface area contributed by atoms with Crippen LogP contribution in [0.15, 0.2) is 23.3 Å². The SMILES string of the molecule is C=C(C)/C(CC)=C(\C)CCC. The van der Waals surface area contributed by atoms with E-state index in [1.165, 1.54) is 29.6 Å². The first kappa shape index (κ1) is 10.5. The van der Waals surface area contributed by atoms with Gasteiger partial charge in [0.1, 0.15) is 0 Å². The van der Waals surface area contributed by atoms with E-state index >= 15 is 0 Å². The minimum atomic E-state index is 1.13. The second kappa shape index (κ2) is 5.17. The van der Waals surface area contributed by atoms with E-state index in [-0.39, 0.29) is 0 Å². The van der Waals surface area contributed by atoms with E-state index in [1.54, 1.807) is 0 Å². The molecule has 0 aliphatic rings. The molecule has 0 nitrogen and oxygen atoms in total. The van der Waals surface area contributed by atoms with Gasteiger partial charge in [0.25, 0.3) is 0 Å². The Morgan fingerprint density at radius 3 is 2.00 bits per heavy atom. The van der Waals surface area contributed by atoms with Crippen molar-refractivity contribution in [3.63, 3.8) is 0 Å². The predicted octanol–water partition coefficient (Wildman–Crippen LogP) is 4.09. The quantitative estimate of drug-likeness (QED) is 0.532. The largest absolute Gasteiger partial charge is 0.0958 e. The van der Waals surface area contributed by atoms with Crippen LogP contribution in [0.3, 0.4) is 0 Å². The molecule has 11 heavy (non-hydrogen) atoms. The molecular formula is C11H20. The lowest BCUT2D eigenvalue weighted by Crippen LogP contribution is -1.88. The van der Waals surface area contributed by atoms with Gasteiger partial charge < -0.3 is 0 Å². The Bertz CT molecular complexity index is 161. The average molecular weight is 152 g/mol. The van der Waals surface area contributed by atoms with Crippen molar-refractivity contribution in [1.29, 1.82) is 0 Å². The van der Waals surface area contributed by atoms with Gasteiger partial charge in [-0.3, -0.25) is 0 Å². The van der Waals surface area contributed by atoms with Crippen molar-refractivity contribution in [2.24, 2.45) is 0 Å². The van der Waals surface area contributed by atoms with Gasteiger partial charge in [0, 0.05) is 0 Å². The molecule has 0 heterocycles. The summed E-state index contributed by atoms with van der Waals surface area (Å²) in [5.41, 5.74) is 4.22. The molecule has 0 spiro atoms. The van der Waals surface area contributed by atoms with Crippen LogP contribution < -0.4 is 0 Å². The van der Waals surface area contributed by atoms with Crippen LogP contribution in [-0.4, -0.2) is 0 Å². The van der Waals surface area contributed by atoms with Gasteiger partial charge in [-0.1, -0.05) is 38.0 Å². The van der Waals surface area contributed by atoms with Crippen LogP contribution in [-0.2, 0) is 0 Å². The zero-order chi connectivity index (χ0) is 8.85. The third-order valence-corrected chi connectivity index (χ3v) is 2.01. The van der Waals surface area contributed by atoms with Crippen molar-refractivity contribution in [3.8, 4) is 0 Å². The molecule has 0 rings (SSSR count). The van der Waals surface area contributed by atoms with Gasteiger partial charge in [0.2, 0.25) is 0 Å². The van der Waals surface area contributed by atoms with E-state index in [0.717, 1.165) is 6.42 Å². The van der Waals surface area contributed by atoms with Crippen LogP contribution >= 0.6 is 0 Å². The highest BCUT2D eigenvalue weighted by Gasteiger charge is 1.99. The van der Waals surface area contributed by atoms with E-state index < -0.39 is 0 Å². The molecule has 0 saturated carbocycles. The van der Waals surface area contributed by atoms with E-state index in [1.807, 2.05) is 0 Å². The van der Waals surface area contributed by atoms with Crippen LogP contribution in [0.2, 0.25) is 0 Å². The van der Waals surface area contributed by atoms with Crippen molar-refractivity contribution in [2.75, 3.05) is 0 Å². The Labute approximate surface area is 71.0 Å². The lowest BCUT2D eigenvalue weighted by molar-refractivity contribution is 0.878. The first-order chi connectivity index (χ1) is 5.13. The summed E-state index contributed by atoms with van der Waals surface area (Å²) in [7, 11) is 0. The highest BCUT2D eigenvalue weighted by molar-refractivity contribution is 5.30. The summed E-state index contributed by atoms with van der Waals surface area (Å²) in [5, 5.41) is 0. The third kappa shape index (κ3) is 3.41. The maximum absolute atomic E-state index is 3.97. The number of rotatable bonds is 4. The van der Waals surface area contributed by atoms with Crippen LogP contribution in [0.1, 0.15) is 47.0 Å². The van der Waals surface area contributed by atoms with Crippen molar-refractivity contribution in [1.82, 2.24) is 0 Å². The van der Waals surface area contributed by atoms with Gasteiger partial charge in [-0.2, -0.15) is 0 Å². The average Bonchev–Trinajstić information content (AvgIpc) is 1.88. The minimum absolute atomic E-state index is 1.13. The minimum Gasteiger partial charge on any atom is -0.0958 e. The van der Waals surface area contributed by atoms with Gasteiger partial charge in [-0.25, -0.2) is 0 Å². The fourth-order valence-corrected chi connectivity index (χ4v) is 1.49. The number of allylic oxidation sites excluding steroid dienone is 3. The normalized spacial score (nSPS) is 12.7. The van der Waals surface area contributed by atoms with E-state index in [4.69, 9.17) is 0 Å². The molecule has 0 heteroatoms. The number of hydrogen-bond acceptors (Lipinski definition) is 0. The Kier molecular flexibility index (Phi) is 4.93. The third-order valence-electron chi connectivity index (χ3n) is 2.01. The summed E-state index contributed by atoms with van der Waals surface area (Å²) < 4.78 is 0. The summed E-state index contributed by atoms with van der Waals surface area (Å²) in [5.74, 6) is 0. The highest BCUT2D eigenvalue weighted by Crippen LogP contribution is 2.19. The van der Waals surface area contributed by atoms with Crippen molar-refractivity contribution >= 4 is 0 Å². The zero-order valence-corrected chi connectivity index (χ0v) is 8.33. The predicted molar refractivity (Wildman–Crippen MR) is 52.7 cm³/mol. The van der Waals surface area contributed by atoms with Gasteiger partial charge in [-0.15, -0.1) is 0 Å². The summed E-state index contributed by atoms with van der Waals surface area (Å²) in [6.45, 7) is 12.7. The molecule has 0 unspecified atom stereocenters. The van der Waals surface area contributed by atoms with Gasteiger partial charge in [-0.05, 0) is 32.3 Å². The second-order valence-electron chi connectivity index (χ2n) is 3.14. The van der Waals surface area contributed by atoms with Gasteiger partial charge in [0.15, 0.2) is 0 Å². The fourth-order valence-electron chi connectivity index (χ4n) is 1.49. The Balaban J connectivity index is 4.40. The molecule has 0 saturated heterocycles. The Hall–Kier alpha value is -0.520. The summed E-state index contributed by atoms with van der Waals surface area (Å²) in [6.07, 6.45) is 3.58. The summed E-state index contributed by atoms with van der Waals surface area (Å²) in [6, 6.07) is 0. The molecular weight excluding hydrogens is 132 g/mol. The molecule has 0 aromatic rings. The van der Waals surface area contributed by atoms with Crippen LogP contribution in [0.5, 0.6) is 0 Å². The molecule has 0 fully saturated rings. The lowest BCUT2D eigenvalue weighted by atomic mass is 9.98.